The molecule has 0 radical (unpaired) electrons. The number of carbonyl (C=O) groups is 2. The maximum atomic E-state index is 13.8. The number of ether oxygens (including phenoxy) is 1. The van der Waals surface area contributed by atoms with Crippen molar-refractivity contribution in [1.82, 2.24) is 9.97 Å². The van der Waals surface area contributed by atoms with Crippen LogP contribution >= 0.6 is 0 Å². The number of esters is 1. The molecule has 0 aliphatic rings. The van der Waals surface area contributed by atoms with E-state index in [9.17, 15) is 18.4 Å². The number of rotatable bonds is 5. The highest BCUT2D eigenvalue weighted by molar-refractivity contribution is 6.03. The van der Waals surface area contributed by atoms with Gasteiger partial charge in [0.2, 0.25) is 0 Å². The molecule has 0 atom stereocenters. The third-order valence-electron chi connectivity index (χ3n) is 3.87. The zero-order valence-corrected chi connectivity index (χ0v) is 15.5. The smallest absolute Gasteiger partial charge is 0.339 e. The van der Waals surface area contributed by atoms with Crippen molar-refractivity contribution in [2.75, 3.05) is 17.7 Å². The number of methoxy groups -OCH3 is 1. The van der Waals surface area contributed by atoms with Gasteiger partial charge in [0, 0.05) is 6.07 Å². The lowest BCUT2D eigenvalue weighted by Gasteiger charge is -2.12. The number of hydrogen-bond donors (Lipinski definition) is 2. The molecule has 0 saturated heterocycles. The van der Waals surface area contributed by atoms with Crippen molar-refractivity contribution in [2.24, 2.45) is 0 Å². The van der Waals surface area contributed by atoms with E-state index in [1.165, 1.54) is 19.2 Å². The molecule has 9 heteroatoms. The number of hydrogen-bond acceptors (Lipinski definition) is 6. The fourth-order valence-electron chi connectivity index (χ4n) is 2.56. The quantitative estimate of drug-likeness (QED) is 0.635. The fourth-order valence-corrected chi connectivity index (χ4v) is 2.56. The summed E-state index contributed by atoms with van der Waals surface area (Å²) in [6.45, 7) is 1.55. The maximum Gasteiger partial charge on any atom is 0.339 e. The largest absolute Gasteiger partial charge is 0.465 e. The predicted molar refractivity (Wildman–Crippen MR) is 102 cm³/mol. The molecule has 3 aromatic rings. The zero-order valence-electron chi connectivity index (χ0n) is 15.5. The molecule has 7 nitrogen and oxygen atoms in total. The Labute approximate surface area is 164 Å². The Kier molecular flexibility index (Phi) is 5.77. The molecule has 0 saturated carbocycles. The molecular formula is C20H16F2N4O3. The summed E-state index contributed by atoms with van der Waals surface area (Å²) in [5.74, 6) is -2.72. The molecule has 1 aromatic heterocycles. The molecule has 148 valence electrons. The minimum absolute atomic E-state index is 0.113. The number of benzene rings is 2. The number of carbonyl (C=O) groups excluding carboxylic acids is 2. The second-order valence-electron chi connectivity index (χ2n) is 5.90. The lowest BCUT2D eigenvalue weighted by Crippen LogP contribution is -2.17. The van der Waals surface area contributed by atoms with E-state index >= 15 is 0 Å². The number of nitrogens with one attached hydrogen (secondary N) is 2. The van der Waals surface area contributed by atoms with Crippen LogP contribution in [0.4, 0.5) is 26.0 Å². The van der Waals surface area contributed by atoms with Gasteiger partial charge in [0.1, 0.15) is 34.7 Å². The molecule has 0 aliphatic heterocycles. The minimum atomic E-state index is -0.908. The van der Waals surface area contributed by atoms with Crippen molar-refractivity contribution < 1.29 is 23.1 Å². The van der Waals surface area contributed by atoms with Crippen LogP contribution in [0.5, 0.6) is 0 Å². The minimum Gasteiger partial charge on any atom is -0.465 e. The molecule has 0 fully saturated rings. The van der Waals surface area contributed by atoms with E-state index in [0.717, 1.165) is 12.1 Å². The molecule has 0 bridgehead atoms. The van der Waals surface area contributed by atoms with E-state index in [1.54, 1.807) is 31.2 Å². The average molecular weight is 398 g/mol. The third kappa shape index (κ3) is 4.52. The second-order valence-corrected chi connectivity index (χ2v) is 5.90. The van der Waals surface area contributed by atoms with Gasteiger partial charge in [0.15, 0.2) is 0 Å². The van der Waals surface area contributed by atoms with Gasteiger partial charge in [0.25, 0.3) is 5.91 Å². The Morgan fingerprint density at radius 3 is 2.38 bits per heavy atom. The maximum absolute atomic E-state index is 13.8. The van der Waals surface area contributed by atoms with E-state index in [2.05, 4.69) is 20.6 Å². The van der Waals surface area contributed by atoms with E-state index in [1.807, 2.05) is 0 Å². The summed E-state index contributed by atoms with van der Waals surface area (Å²) in [7, 11) is 1.26. The Bertz CT molecular complexity index is 1070. The van der Waals surface area contributed by atoms with Crippen LogP contribution in [0.3, 0.4) is 0 Å². The van der Waals surface area contributed by atoms with Gasteiger partial charge in [-0.3, -0.25) is 4.79 Å². The zero-order chi connectivity index (χ0) is 21.0. The van der Waals surface area contributed by atoms with Crippen molar-refractivity contribution in [2.45, 2.75) is 6.92 Å². The first-order valence-electron chi connectivity index (χ1n) is 8.44. The highest BCUT2D eigenvalue weighted by Crippen LogP contribution is 2.22. The Balaban J connectivity index is 1.89. The summed E-state index contributed by atoms with van der Waals surface area (Å²) in [6, 6.07) is 11.1. The van der Waals surface area contributed by atoms with Gasteiger partial charge in [-0.15, -0.1) is 0 Å². The third-order valence-corrected chi connectivity index (χ3v) is 3.87. The van der Waals surface area contributed by atoms with E-state index < -0.39 is 29.2 Å². The molecule has 29 heavy (non-hydrogen) atoms. The van der Waals surface area contributed by atoms with Crippen LogP contribution in [0, 0.1) is 18.6 Å². The monoisotopic (exact) mass is 398 g/mol. The fraction of sp³-hybridized carbons (Fsp3) is 0.100. The topological polar surface area (TPSA) is 93.2 Å². The van der Waals surface area contributed by atoms with Crippen molar-refractivity contribution in [3.63, 3.8) is 0 Å². The van der Waals surface area contributed by atoms with Gasteiger partial charge < -0.3 is 15.4 Å². The number of amides is 1. The lowest BCUT2D eigenvalue weighted by atomic mass is 10.2. The molecule has 0 unspecified atom stereocenters. The number of nitrogens with zero attached hydrogens (tertiary/aromatic N) is 2. The number of aryl methyl sites for hydroxylation is 1. The summed E-state index contributed by atoms with van der Waals surface area (Å²) < 4.78 is 32.3. The van der Waals surface area contributed by atoms with Crippen LogP contribution in [0.15, 0.2) is 48.5 Å². The standard InChI is InChI=1S/C20H16F2N4O3/c1-11-23-16(19(27)26-18-13(21)7-5-8-14(18)22)10-17(24-11)25-15-9-4-3-6-12(15)20(28)29-2/h3-10H,1-2H3,(H,26,27)(H,23,24,25). The van der Waals surface area contributed by atoms with Crippen LogP contribution in [-0.4, -0.2) is 29.0 Å². The van der Waals surface area contributed by atoms with Crippen LogP contribution in [-0.2, 0) is 4.74 Å². The van der Waals surface area contributed by atoms with Gasteiger partial charge in [-0.2, -0.15) is 0 Å². The molecule has 1 amide bonds. The molecular weight excluding hydrogens is 382 g/mol. The SMILES string of the molecule is COC(=O)c1ccccc1Nc1cc(C(=O)Nc2c(F)cccc2F)nc(C)n1. The van der Waals surface area contributed by atoms with Crippen molar-refractivity contribution in [3.05, 3.63) is 77.2 Å². The number of aromatic nitrogens is 2. The molecule has 3 rings (SSSR count). The van der Waals surface area contributed by atoms with Gasteiger partial charge in [0.05, 0.1) is 18.4 Å². The normalized spacial score (nSPS) is 10.3. The van der Waals surface area contributed by atoms with Crippen molar-refractivity contribution in [3.8, 4) is 0 Å². The molecule has 0 spiro atoms. The van der Waals surface area contributed by atoms with E-state index in [4.69, 9.17) is 4.74 Å². The highest BCUT2D eigenvalue weighted by atomic mass is 19.1. The first-order valence-corrected chi connectivity index (χ1v) is 8.44. The van der Waals surface area contributed by atoms with Crippen LogP contribution in [0.2, 0.25) is 0 Å². The highest BCUT2D eigenvalue weighted by Gasteiger charge is 2.17. The number of halogens is 2. The molecule has 1 heterocycles. The summed E-state index contributed by atoms with van der Waals surface area (Å²) >= 11 is 0. The lowest BCUT2D eigenvalue weighted by molar-refractivity contribution is 0.0601. The van der Waals surface area contributed by atoms with Crippen molar-refractivity contribution in [1.29, 1.82) is 0 Å². The van der Waals surface area contributed by atoms with Gasteiger partial charge in [-0.1, -0.05) is 18.2 Å². The van der Waals surface area contributed by atoms with Crippen LogP contribution in [0.25, 0.3) is 0 Å². The van der Waals surface area contributed by atoms with E-state index in [0.29, 0.717) is 5.69 Å². The average Bonchev–Trinajstić information content (AvgIpc) is 2.70. The molecule has 0 aliphatic carbocycles. The van der Waals surface area contributed by atoms with Crippen LogP contribution in [0.1, 0.15) is 26.7 Å². The Morgan fingerprint density at radius 2 is 1.69 bits per heavy atom. The Morgan fingerprint density at radius 1 is 1.00 bits per heavy atom. The Hall–Kier alpha value is -3.88. The van der Waals surface area contributed by atoms with E-state index in [-0.39, 0.29) is 22.9 Å². The summed E-state index contributed by atoms with van der Waals surface area (Å²) in [5.41, 5.74) is -0.00726. The van der Waals surface area contributed by atoms with Crippen LogP contribution < -0.4 is 10.6 Å². The summed E-state index contributed by atoms with van der Waals surface area (Å²) in [6.07, 6.45) is 0. The number of anilines is 3. The van der Waals surface area contributed by atoms with Gasteiger partial charge >= 0.3 is 5.97 Å². The summed E-state index contributed by atoms with van der Waals surface area (Å²) in [5, 5.41) is 5.10. The molecule has 2 aromatic carbocycles. The van der Waals surface area contributed by atoms with Gasteiger partial charge in [-0.25, -0.2) is 23.5 Å². The van der Waals surface area contributed by atoms with Crippen molar-refractivity contribution >= 4 is 29.1 Å². The first-order chi connectivity index (χ1) is 13.9. The van der Waals surface area contributed by atoms with Gasteiger partial charge in [-0.05, 0) is 31.2 Å². The predicted octanol–water partition coefficient (Wildman–Crippen LogP) is 3.85. The number of para-hydroxylation sites is 2. The summed E-state index contributed by atoms with van der Waals surface area (Å²) in [4.78, 5) is 32.5. The second kappa shape index (κ2) is 8.42. The molecule has 2 N–H and O–H groups in total. The first kappa shape index (κ1) is 19.9.